The highest BCUT2D eigenvalue weighted by Crippen LogP contribution is 2.33. The quantitative estimate of drug-likeness (QED) is 0.387. The molecule has 0 atom stereocenters. The Hall–Kier alpha value is -3.26. The van der Waals surface area contributed by atoms with E-state index in [1.165, 1.54) is 23.0 Å². The number of nitrogens with one attached hydrogen (secondary N) is 1. The second-order valence-corrected chi connectivity index (χ2v) is 9.13. The maximum atomic E-state index is 12.8. The molecule has 2 aromatic carbocycles. The highest BCUT2D eigenvalue weighted by molar-refractivity contribution is 7.14. The summed E-state index contributed by atoms with van der Waals surface area (Å²) in [6.07, 6.45) is 3.18. The molecular formula is C24H26N4O3S. The number of thiazole rings is 1. The molecule has 0 saturated carbocycles. The van der Waals surface area contributed by atoms with Crippen LogP contribution in [-0.2, 0) is 0 Å². The summed E-state index contributed by atoms with van der Waals surface area (Å²) in [4.78, 5) is 30.7. The molecule has 1 N–H and O–H groups in total. The highest BCUT2D eigenvalue weighted by Gasteiger charge is 2.23. The van der Waals surface area contributed by atoms with E-state index in [1.807, 2.05) is 10.3 Å². The molecule has 0 aliphatic carbocycles. The van der Waals surface area contributed by atoms with Gasteiger partial charge < -0.3 is 4.90 Å². The Morgan fingerprint density at radius 2 is 1.78 bits per heavy atom. The van der Waals surface area contributed by atoms with Gasteiger partial charge in [0.25, 0.3) is 11.6 Å². The number of carbonyl (C=O) groups excluding carboxylic acids is 1. The molecule has 166 valence electrons. The van der Waals surface area contributed by atoms with Crippen LogP contribution in [0.15, 0.2) is 35.7 Å². The molecule has 1 aliphatic rings. The lowest BCUT2D eigenvalue weighted by molar-refractivity contribution is -0.384. The number of hydrogen-bond acceptors (Lipinski definition) is 6. The molecule has 0 spiro atoms. The van der Waals surface area contributed by atoms with Crippen molar-refractivity contribution in [2.45, 2.75) is 40.0 Å². The highest BCUT2D eigenvalue weighted by atomic mass is 32.1. The van der Waals surface area contributed by atoms with Gasteiger partial charge >= 0.3 is 0 Å². The molecule has 0 unspecified atom stereocenters. The topological polar surface area (TPSA) is 88.4 Å². The Bertz CT molecular complexity index is 1160. The zero-order valence-corrected chi connectivity index (χ0v) is 19.3. The minimum absolute atomic E-state index is 0.0368. The fourth-order valence-corrected chi connectivity index (χ4v) is 5.11. The van der Waals surface area contributed by atoms with E-state index < -0.39 is 10.8 Å². The summed E-state index contributed by atoms with van der Waals surface area (Å²) in [5, 5.41) is 16.9. The number of anilines is 2. The van der Waals surface area contributed by atoms with E-state index in [-0.39, 0.29) is 11.3 Å². The predicted molar refractivity (Wildman–Crippen MR) is 129 cm³/mol. The molecule has 0 radical (unpaired) electrons. The molecule has 1 amide bonds. The van der Waals surface area contributed by atoms with Gasteiger partial charge in [-0.05, 0) is 63.3 Å². The van der Waals surface area contributed by atoms with Gasteiger partial charge in [0.15, 0.2) is 5.13 Å². The summed E-state index contributed by atoms with van der Waals surface area (Å²) >= 11 is 1.34. The average molecular weight is 451 g/mol. The smallest absolute Gasteiger partial charge is 0.293 e. The number of amides is 1. The maximum Gasteiger partial charge on any atom is 0.293 e. The van der Waals surface area contributed by atoms with Crippen LogP contribution in [0.2, 0.25) is 0 Å². The van der Waals surface area contributed by atoms with E-state index in [1.54, 1.807) is 12.1 Å². The molecule has 8 heteroatoms. The predicted octanol–water partition coefficient (Wildman–Crippen LogP) is 5.89. The van der Waals surface area contributed by atoms with Gasteiger partial charge in [-0.1, -0.05) is 17.7 Å². The molecule has 3 aromatic rings. The van der Waals surface area contributed by atoms with Crippen molar-refractivity contribution in [3.8, 4) is 11.3 Å². The van der Waals surface area contributed by atoms with Crippen molar-refractivity contribution in [2.75, 3.05) is 23.3 Å². The number of aryl methyl sites for hydroxylation is 3. The largest absolute Gasteiger partial charge is 0.366 e. The summed E-state index contributed by atoms with van der Waals surface area (Å²) in [7, 11) is 0. The van der Waals surface area contributed by atoms with Crippen molar-refractivity contribution >= 4 is 33.8 Å². The van der Waals surface area contributed by atoms with Gasteiger partial charge in [-0.3, -0.25) is 20.2 Å². The first-order valence-electron chi connectivity index (χ1n) is 10.7. The molecule has 1 aliphatic heterocycles. The lowest BCUT2D eigenvalue weighted by Gasteiger charge is -2.28. The van der Waals surface area contributed by atoms with Crippen LogP contribution in [0, 0.1) is 30.9 Å². The van der Waals surface area contributed by atoms with Crippen LogP contribution in [0.4, 0.5) is 16.5 Å². The molecule has 0 bridgehead atoms. The summed E-state index contributed by atoms with van der Waals surface area (Å²) in [6.45, 7) is 7.76. The minimum Gasteiger partial charge on any atom is -0.366 e. The van der Waals surface area contributed by atoms with Gasteiger partial charge in [0.1, 0.15) is 5.69 Å². The Labute approximate surface area is 191 Å². The number of hydrogen-bond donors (Lipinski definition) is 1. The van der Waals surface area contributed by atoms with Gasteiger partial charge in [0.2, 0.25) is 0 Å². The van der Waals surface area contributed by atoms with Crippen molar-refractivity contribution in [1.82, 2.24) is 4.98 Å². The fraction of sp³-hybridized carbons (Fsp3) is 0.333. The summed E-state index contributed by atoms with van der Waals surface area (Å²) in [5.41, 5.74) is 6.13. The Morgan fingerprint density at radius 3 is 2.44 bits per heavy atom. The van der Waals surface area contributed by atoms with E-state index in [9.17, 15) is 14.9 Å². The first-order chi connectivity index (χ1) is 15.3. The normalized spacial score (nSPS) is 13.8. The minimum atomic E-state index is -0.412. The second-order valence-electron chi connectivity index (χ2n) is 8.27. The van der Waals surface area contributed by atoms with Gasteiger partial charge in [0.05, 0.1) is 10.6 Å². The van der Waals surface area contributed by atoms with Crippen LogP contribution in [0.1, 0.15) is 46.3 Å². The zero-order valence-electron chi connectivity index (χ0n) is 18.5. The summed E-state index contributed by atoms with van der Waals surface area (Å²) < 4.78 is 0. The van der Waals surface area contributed by atoms with E-state index >= 15 is 0 Å². The third kappa shape index (κ3) is 4.50. The monoisotopic (exact) mass is 450 g/mol. The van der Waals surface area contributed by atoms with E-state index in [2.05, 4.69) is 43.2 Å². The van der Waals surface area contributed by atoms with E-state index in [0.29, 0.717) is 10.8 Å². The standard InChI is InChI=1S/C24H26N4O3S/c1-15-11-16(2)22(17(3)12-15)19-14-32-24(25-19)26-23(29)18-7-8-20(21(13-18)28(30)31)27-9-5-4-6-10-27/h7-8,11-14H,4-6,9-10H2,1-3H3,(H,25,26,29). The molecule has 32 heavy (non-hydrogen) atoms. The molecule has 1 saturated heterocycles. The summed E-state index contributed by atoms with van der Waals surface area (Å²) in [5.74, 6) is -0.406. The van der Waals surface area contributed by atoms with Gasteiger partial charge in [0, 0.05) is 35.7 Å². The van der Waals surface area contributed by atoms with Crippen molar-refractivity contribution in [2.24, 2.45) is 0 Å². The lowest BCUT2D eigenvalue weighted by Crippen LogP contribution is -2.30. The fourth-order valence-electron chi connectivity index (χ4n) is 4.41. The van der Waals surface area contributed by atoms with Crippen LogP contribution in [0.3, 0.4) is 0 Å². The number of aromatic nitrogens is 1. The number of nitro groups is 1. The van der Waals surface area contributed by atoms with Crippen molar-refractivity contribution < 1.29 is 9.72 Å². The number of piperidine rings is 1. The molecule has 4 rings (SSSR count). The zero-order chi connectivity index (χ0) is 22.8. The van der Waals surface area contributed by atoms with E-state index in [4.69, 9.17) is 0 Å². The third-order valence-corrected chi connectivity index (χ3v) is 6.55. The van der Waals surface area contributed by atoms with Crippen molar-refractivity contribution in [3.05, 3.63) is 68.1 Å². The van der Waals surface area contributed by atoms with Gasteiger partial charge in [-0.25, -0.2) is 4.98 Å². The van der Waals surface area contributed by atoms with Crippen LogP contribution in [0.5, 0.6) is 0 Å². The molecule has 1 aromatic heterocycles. The van der Waals surface area contributed by atoms with Crippen LogP contribution in [0.25, 0.3) is 11.3 Å². The number of carbonyl (C=O) groups is 1. The average Bonchev–Trinajstić information content (AvgIpc) is 3.21. The lowest BCUT2D eigenvalue weighted by atomic mass is 9.98. The Morgan fingerprint density at radius 1 is 1.09 bits per heavy atom. The molecular weight excluding hydrogens is 424 g/mol. The van der Waals surface area contributed by atoms with Gasteiger partial charge in [-0.15, -0.1) is 11.3 Å². The van der Waals surface area contributed by atoms with Crippen LogP contribution >= 0.6 is 11.3 Å². The van der Waals surface area contributed by atoms with Crippen LogP contribution < -0.4 is 10.2 Å². The Kier molecular flexibility index (Phi) is 6.23. The number of rotatable bonds is 5. The van der Waals surface area contributed by atoms with Crippen molar-refractivity contribution in [3.63, 3.8) is 0 Å². The second kappa shape index (κ2) is 9.08. The van der Waals surface area contributed by atoms with Crippen LogP contribution in [-0.4, -0.2) is 28.9 Å². The summed E-state index contributed by atoms with van der Waals surface area (Å²) in [6, 6.07) is 8.92. The molecule has 1 fully saturated rings. The van der Waals surface area contributed by atoms with Crippen molar-refractivity contribution in [1.29, 1.82) is 0 Å². The third-order valence-electron chi connectivity index (χ3n) is 5.79. The number of nitrogens with zero attached hydrogens (tertiary/aromatic N) is 3. The van der Waals surface area contributed by atoms with E-state index in [0.717, 1.165) is 54.7 Å². The SMILES string of the molecule is Cc1cc(C)c(-c2csc(NC(=O)c3ccc(N4CCCCC4)c([N+](=O)[O-])c3)n2)c(C)c1. The van der Waals surface area contributed by atoms with Gasteiger partial charge in [-0.2, -0.15) is 0 Å². The maximum absolute atomic E-state index is 12.8. The molecule has 7 nitrogen and oxygen atoms in total. The molecule has 2 heterocycles. The first kappa shape index (κ1) is 22.0. The number of benzene rings is 2. The Balaban J connectivity index is 1.56. The number of nitro benzene ring substituents is 1. The first-order valence-corrected chi connectivity index (χ1v) is 11.6.